The Kier molecular flexibility index (Phi) is 6.04. The summed E-state index contributed by atoms with van der Waals surface area (Å²) in [4.78, 5) is 15.2. The Labute approximate surface area is 161 Å². The molecule has 150 valence electrons. The molecule has 3 aliphatic rings. The first kappa shape index (κ1) is 18.8. The third-order valence-corrected chi connectivity index (χ3v) is 6.41. The van der Waals surface area contributed by atoms with Crippen LogP contribution in [0.3, 0.4) is 0 Å². The average molecular weight is 377 g/mol. The molecule has 8 heteroatoms. The predicted octanol–water partition coefficient (Wildman–Crippen LogP) is 0.653. The van der Waals surface area contributed by atoms with Gasteiger partial charge < -0.3 is 15.4 Å². The number of nitrogens with zero attached hydrogens (tertiary/aromatic N) is 4. The summed E-state index contributed by atoms with van der Waals surface area (Å²) in [5, 5.41) is 14.8. The van der Waals surface area contributed by atoms with Crippen LogP contribution in [-0.2, 0) is 11.3 Å². The van der Waals surface area contributed by atoms with E-state index in [4.69, 9.17) is 4.74 Å². The Morgan fingerprint density at radius 3 is 2.85 bits per heavy atom. The predicted molar refractivity (Wildman–Crippen MR) is 102 cm³/mol. The second kappa shape index (κ2) is 8.67. The molecule has 0 aromatic carbocycles. The van der Waals surface area contributed by atoms with E-state index in [0.717, 1.165) is 58.8 Å². The first-order valence-electron chi connectivity index (χ1n) is 10.5. The highest BCUT2D eigenvalue weighted by molar-refractivity contribution is 5.91. The van der Waals surface area contributed by atoms with Crippen LogP contribution in [0.15, 0.2) is 6.20 Å². The maximum Gasteiger partial charge on any atom is 0.273 e. The highest BCUT2D eigenvalue weighted by Crippen LogP contribution is 2.35. The van der Waals surface area contributed by atoms with Crippen LogP contribution in [0.4, 0.5) is 0 Å². The van der Waals surface area contributed by atoms with Gasteiger partial charge >= 0.3 is 0 Å². The number of rotatable bonds is 6. The normalized spacial score (nSPS) is 26.1. The van der Waals surface area contributed by atoms with Crippen molar-refractivity contribution in [1.29, 1.82) is 0 Å². The van der Waals surface area contributed by atoms with Crippen LogP contribution in [0.2, 0.25) is 0 Å². The van der Waals surface area contributed by atoms with E-state index in [1.807, 2.05) is 4.68 Å². The van der Waals surface area contributed by atoms with Crippen molar-refractivity contribution in [2.45, 2.75) is 50.6 Å². The van der Waals surface area contributed by atoms with Crippen molar-refractivity contribution >= 4 is 5.91 Å². The van der Waals surface area contributed by atoms with Gasteiger partial charge in [-0.05, 0) is 44.7 Å². The molecule has 0 radical (unpaired) electrons. The summed E-state index contributed by atoms with van der Waals surface area (Å²) in [6.45, 7) is 7.13. The summed E-state index contributed by atoms with van der Waals surface area (Å²) in [5.74, 6) is 0.460. The van der Waals surface area contributed by atoms with Crippen LogP contribution in [0.5, 0.6) is 0 Å². The second-order valence-electron chi connectivity index (χ2n) is 8.25. The van der Waals surface area contributed by atoms with Gasteiger partial charge in [0, 0.05) is 31.7 Å². The Bertz CT molecular complexity index is 615. The van der Waals surface area contributed by atoms with Gasteiger partial charge in [0.2, 0.25) is 0 Å². The lowest BCUT2D eigenvalue weighted by molar-refractivity contribution is -0.0199. The second-order valence-corrected chi connectivity index (χ2v) is 8.25. The molecule has 1 atom stereocenters. The SMILES string of the molecule is O=C(NCC1(N2CCOCC2)CCCC1)c1cn(C[C@@H]2CCCNC2)nn1. The first-order chi connectivity index (χ1) is 13.3. The fraction of sp³-hybridized carbons (Fsp3) is 0.842. The highest BCUT2D eigenvalue weighted by Gasteiger charge is 2.40. The fourth-order valence-corrected chi connectivity index (χ4v) is 4.85. The van der Waals surface area contributed by atoms with Gasteiger partial charge in [-0.2, -0.15) is 0 Å². The van der Waals surface area contributed by atoms with Crippen molar-refractivity contribution in [2.24, 2.45) is 5.92 Å². The van der Waals surface area contributed by atoms with Crippen molar-refractivity contribution in [2.75, 3.05) is 45.9 Å². The van der Waals surface area contributed by atoms with Gasteiger partial charge in [-0.15, -0.1) is 5.10 Å². The summed E-state index contributed by atoms with van der Waals surface area (Å²) in [5.41, 5.74) is 0.511. The van der Waals surface area contributed by atoms with Gasteiger partial charge in [-0.25, -0.2) is 0 Å². The highest BCUT2D eigenvalue weighted by atomic mass is 16.5. The molecule has 1 saturated carbocycles. The summed E-state index contributed by atoms with van der Waals surface area (Å²) >= 11 is 0. The molecule has 1 amide bonds. The maximum absolute atomic E-state index is 12.6. The van der Waals surface area contributed by atoms with Gasteiger partial charge in [0.1, 0.15) is 0 Å². The lowest BCUT2D eigenvalue weighted by atomic mass is 9.94. The topological polar surface area (TPSA) is 84.3 Å². The molecule has 0 bridgehead atoms. The lowest BCUT2D eigenvalue weighted by Gasteiger charge is -2.43. The minimum atomic E-state index is -0.109. The molecule has 0 unspecified atom stereocenters. The van der Waals surface area contributed by atoms with E-state index < -0.39 is 0 Å². The van der Waals surface area contributed by atoms with Crippen molar-refractivity contribution < 1.29 is 9.53 Å². The van der Waals surface area contributed by atoms with Crippen LogP contribution >= 0.6 is 0 Å². The number of morpholine rings is 1. The number of aromatic nitrogens is 3. The quantitative estimate of drug-likeness (QED) is 0.759. The van der Waals surface area contributed by atoms with E-state index >= 15 is 0 Å². The third kappa shape index (κ3) is 4.50. The zero-order valence-electron chi connectivity index (χ0n) is 16.2. The van der Waals surface area contributed by atoms with Gasteiger partial charge in [0.15, 0.2) is 5.69 Å². The Hall–Kier alpha value is -1.51. The molecule has 4 rings (SSSR count). The van der Waals surface area contributed by atoms with Crippen molar-refractivity contribution in [1.82, 2.24) is 30.5 Å². The number of nitrogens with one attached hydrogen (secondary N) is 2. The van der Waals surface area contributed by atoms with Crippen LogP contribution in [-0.4, -0.2) is 77.3 Å². The molecule has 2 aliphatic heterocycles. The number of carbonyl (C=O) groups excluding carboxylic acids is 1. The Morgan fingerprint density at radius 2 is 2.11 bits per heavy atom. The van der Waals surface area contributed by atoms with Crippen molar-refractivity contribution in [3.63, 3.8) is 0 Å². The van der Waals surface area contributed by atoms with E-state index in [9.17, 15) is 4.79 Å². The maximum atomic E-state index is 12.6. The van der Waals surface area contributed by atoms with Gasteiger partial charge in [-0.3, -0.25) is 14.4 Å². The Balaban J connectivity index is 1.33. The minimum Gasteiger partial charge on any atom is -0.379 e. The number of hydrogen-bond acceptors (Lipinski definition) is 6. The number of carbonyl (C=O) groups is 1. The average Bonchev–Trinajstić information content (AvgIpc) is 3.38. The zero-order chi connectivity index (χ0) is 18.5. The molecular weight excluding hydrogens is 344 g/mol. The number of amides is 1. The molecule has 1 aliphatic carbocycles. The molecule has 2 saturated heterocycles. The third-order valence-electron chi connectivity index (χ3n) is 6.41. The number of hydrogen-bond donors (Lipinski definition) is 2. The first-order valence-corrected chi connectivity index (χ1v) is 10.5. The molecule has 3 heterocycles. The molecule has 1 aromatic rings. The van der Waals surface area contributed by atoms with Crippen molar-refractivity contribution in [3.05, 3.63) is 11.9 Å². The van der Waals surface area contributed by atoms with E-state index in [1.165, 1.54) is 25.7 Å². The molecule has 8 nitrogen and oxygen atoms in total. The van der Waals surface area contributed by atoms with E-state index in [-0.39, 0.29) is 11.4 Å². The monoisotopic (exact) mass is 376 g/mol. The molecule has 3 fully saturated rings. The summed E-state index contributed by atoms with van der Waals surface area (Å²) in [6.07, 6.45) is 8.97. The number of piperidine rings is 1. The molecule has 27 heavy (non-hydrogen) atoms. The van der Waals surface area contributed by atoms with Crippen LogP contribution in [0.1, 0.15) is 49.0 Å². The smallest absolute Gasteiger partial charge is 0.273 e. The van der Waals surface area contributed by atoms with Gasteiger partial charge in [0.25, 0.3) is 5.91 Å². The van der Waals surface area contributed by atoms with E-state index in [1.54, 1.807) is 6.20 Å². The van der Waals surface area contributed by atoms with Crippen molar-refractivity contribution in [3.8, 4) is 0 Å². The van der Waals surface area contributed by atoms with Crippen LogP contribution in [0, 0.1) is 5.92 Å². The minimum absolute atomic E-state index is 0.0865. The fourth-order valence-electron chi connectivity index (χ4n) is 4.85. The molecule has 0 spiro atoms. The van der Waals surface area contributed by atoms with Crippen LogP contribution < -0.4 is 10.6 Å². The number of ether oxygens (including phenoxy) is 1. The summed E-state index contributed by atoms with van der Waals surface area (Å²) in [7, 11) is 0. The lowest BCUT2D eigenvalue weighted by Crippen LogP contribution is -2.57. The van der Waals surface area contributed by atoms with E-state index in [2.05, 4.69) is 25.8 Å². The van der Waals surface area contributed by atoms with Gasteiger partial charge in [0.05, 0.1) is 19.4 Å². The molecule has 2 N–H and O–H groups in total. The largest absolute Gasteiger partial charge is 0.379 e. The van der Waals surface area contributed by atoms with Gasteiger partial charge in [-0.1, -0.05) is 18.1 Å². The summed E-state index contributed by atoms with van der Waals surface area (Å²) in [6, 6.07) is 0. The standard InChI is InChI=1S/C19H32N6O2/c26-18(17-14-25(23-22-17)13-16-4-3-7-20-12-16)21-15-19(5-1-2-6-19)24-8-10-27-11-9-24/h14,16,20H,1-13,15H2,(H,21,26)/t16-/m1/s1. The Morgan fingerprint density at radius 1 is 1.30 bits per heavy atom. The molecule has 1 aromatic heterocycles. The zero-order valence-corrected chi connectivity index (χ0v) is 16.2. The van der Waals surface area contributed by atoms with Crippen LogP contribution in [0.25, 0.3) is 0 Å². The molecular formula is C19H32N6O2. The van der Waals surface area contributed by atoms with E-state index in [0.29, 0.717) is 18.2 Å². The summed E-state index contributed by atoms with van der Waals surface area (Å²) < 4.78 is 7.33.